The molecule has 1 saturated heterocycles. The van der Waals surface area contributed by atoms with Gasteiger partial charge in [-0.15, -0.1) is 5.10 Å². The van der Waals surface area contributed by atoms with Crippen molar-refractivity contribution < 1.29 is 19.1 Å². The molecular formula is C26H21FN4O3S. The lowest BCUT2D eigenvalue weighted by molar-refractivity contribution is -0.121. The van der Waals surface area contributed by atoms with Crippen LogP contribution in [0.1, 0.15) is 12.0 Å². The predicted octanol–water partition coefficient (Wildman–Crippen LogP) is 5.06. The zero-order valence-electron chi connectivity index (χ0n) is 18.4. The van der Waals surface area contributed by atoms with Gasteiger partial charge in [0.1, 0.15) is 16.8 Å². The largest absolute Gasteiger partial charge is 0.508 e. The van der Waals surface area contributed by atoms with Crippen LogP contribution in [0.5, 0.6) is 5.75 Å². The molecule has 1 aliphatic rings. The quantitative estimate of drug-likeness (QED) is 0.359. The Balaban J connectivity index is 1.49. The first-order valence-electron chi connectivity index (χ1n) is 10.7. The number of phenols is 1. The second-order valence-electron chi connectivity index (χ2n) is 7.47. The number of allylic oxidation sites excluding steroid dienone is 1. The lowest BCUT2D eigenvalue weighted by atomic mass is 10.2. The Labute approximate surface area is 205 Å². The van der Waals surface area contributed by atoms with Crippen LogP contribution in [0.4, 0.5) is 15.8 Å². The van der Waals surface area contributed by atoms with Crippen molar-refractivity contribution in [2.45, 2.75) is 11.7 Å². The molecule has 0 spiro atoms. The minimum atomic E-state index is -0.724. The minimum Gasteiger partial charge on any atom is -0.508 e. The molecule has 1 atom stereocenters. The van der Waals surface area contributed by atoms with Crippen molar-refractivity contribution in [3.63, 3.8) is 0 Å². The van der Waals surface area contributed by atoms with Crippen molar-refractivity contribution in [1.29, 1.82) is 0 Å². The fourth-order valence-corrected chi connectivity index (χ4v) is 4.35. The van der Waals surface area contributed by atoms with E-state index in [2.05, 4.69) is 15.5 Å². The smallest absolute Gasteiger partial charge is 0.247 e. The maximum atomic E-state index is 13.2. The summed E-state index contributed by atoms with van der Waals surface area (Å²) in [5.41, 5.74) is 1.94. The number of nitrogens with zero attached hydrogens (tertiary/aromatic N) is 3. The number of amides is 2. The molecule has 0 unspecified atom stereocenters. The summed E-state index contributed by atoms with van der Waals surface area (Å²) >= 11 is 1.13. The van der Waals surface area contributed by atoms with Crippen LogP contribution >= 0.6 is 11.8 Å². The first-order chi connectivity index (χ1) is 17.0. The molecule has 7 nitrogen and oxygen atoms in total. The molecule has 1 fully saturated rings. The Kier molecular flexibility index (Phi) is 7.69. The normalized spacial score (nSPS) is 17.1. The van der Waals surface area contributed by atoms with Crippen LogP contribution in [0, 0.1) is 5.82 Å². The van der Waals surface area contributed by atoms with Gasteiger partial charge in [0.15, 0.2) is 5.17 Å². The summed E-state index contributed by atoms with van der Waals surface area (Å²) in [7, 11) is 0. The number of rotatable bonds is 7. The first-order valence-corrected chi connectivity index (χ1v) is 11.6. The molecule has 3 aromatic rings. The molecule has 0 aromatic heterocycles. The minimum absolute atomic E-state index is 0.0610. The van der Waals surface area contributed by atoms with E-state index in [1.54, 1.807) is 18.2 Å². The monoisotopic (exact) mass is 488 g/mol. The molecule has 2 N–H and O–H groups in total. The van der Waals surface area contributed by atoms with E-state index in [0.717, 1.165) is 17.3 Å². The highest BCUT2D eigenvalue weighted by molar-refractivity contribution is 8.16. The van der Waals surface area contributed by atoms with E-state index in [9.17, 15) is 19.1 Å². The van der Waals surface area contributed by atoms with Crippen molar-refractivity contribution in [3.8, 4) is 5.75 Å². The highest BCUT2D eigenvalue weighted by atomic mass is 32.2. The third-order valence-electron chi connectivity index (χ3n) is 4.93. The number of thioether (sulfide) groups is 1. The van der Waals surface area contributed by atoms with Crippen molar-refractivity contribution in [2.24, 2.45) is 10.2 Å². The number of halogens is 1. The molecule has 0 saturated carbocycles. The molecule has 1 aliphatic heterocycles. The van der Waals surface area contributed by atoms with Gasteiger partial charge in [0.25, 0.3) is 0 Å². The second kappa shape index (κ2) is 11.3. The fourth-order valence-electron chi connectivity index (χ4n) is 3.26. The molecule has 0 radical (unpaired) electrons. The van der Waals surface area contributed by atoms with Gasteiger partial charge in [-0.25, -0.2) is 4.39 Å². The van der Waals surface area contributed by atoms with Crippen molar-refractivity contribution in [3.05, 3.63) is 96.3 Å². The van der Waals surface area contributed by atoms with E-state index in [1.165, 1.54) is 47.5 Å². The molecule has 1 heterocycles. The topological polar surface area (TPSA) is 94.4 Å². The number of aromatic hydroxyl groups is 1. The zero-order valence-corrected chi connectivity index (χ0v) is 19.2. The van der Waals surface area contributed by atoms with Gasteiger partial charge >= 0.3 is 0 Å². The van der Waals surface area contributed by atoms with Crippen molar-refractivity contribution in [1.82, 2.24) is 0 Å². The summed E-state index contributed by atoms with van der Waals surface area (Å²) in [6, 6.07) is 21.2. The number of amidine groups is 1. The molecular weight excluding hydrogens is 467 g/mol. The first kappa shape index (κ1) is 23.9. The SMILES string of the molecule is O=C(C[C@H]1S\C(=N/N=C\C=C\c2ccccc2)N(c2ccc(O)cc2)C1=O)Nc1ccc(F)cc1. The molecule has 9 heteroatoms. The van der Waals surface area contributed by atoms with Gasteiger partial charge in [-0.3, -0.25) is 14.5 Å². The van der Waals surface area contributed by atoms with Crippen LogP contribution in [0.3, 0.4) is 0 Å². The number of carbonyl (C=O) groups excluding carboxylic acids is 2. The van der Waals surface area contributed by atoms with E-state index in [4.69, 9.17) is 0 Å². The summed E-state index contributed by atoms with van der Waals surface area (Å²) in [6.45, 7) is 0. The predicted molar refractivity (Wildman–Crippen MR) is 138 cm³/mol. The van der Waals surface area contributed by atoms with Crippen molar-refractivity contribution in [2.75, 3.05) is 10.2 Å². The Hall–Kier alpha value is -4.24. The van der Waals surface area contributed by atoms with E-state index in [1.807, 2.05) is 36.4 Å². The highest BCUT2D eigenvalue weighted by Gasteiger charge is 2.40. The van der Waals surface area contributed by atoms with Gasteiger partial charge in [-0.2, -0.15) is 5.10 Å². The van der Waals surface area contributed by atoms with Crippen LogP contribution < -0.4 is 10.2 Å². The summed E-state index contributed by atoms with van der Waals surface area (Å²) in [5, 5.41) is 20.1. The molecule has 176 valence electrons. The van der Waals surface area contributed by atoms with Gasteiger partial charge in [-0.05, 0) is 60.2 Å². The van der Waals surface area contributed by atoms with Crippen molar-refractivity contribution >= 4 is 52.4 Å². The van der Waals surface area contributed by atoms with Gasteiger partial charge in [0, 0.05) is 18.3 Å². The lowest BCUT2D eigenvalue weighted by Crippen LogP contribution is -2.33. The maximum Gasteiger partial charge on any atom is 0.247 e. The third-order valence-corrected chi connectivity index (χ3v) is 6.05. The third kappa shape index (κ3) is 6.42. The Morgan fingerprint density at radius 2 is 1.77 bits per heavy atom. The van der Waals surface area contributed by atoms with Gasteiger partial charge < -0.3 is 10.4 Å². The number of carbonyl (C=O) groups is 2. The van der Waals surface area contributed by atoms with E-state index in [0.29, 0.717) is 16.5 Å². The molecule has 3 aromatic carbocycles. The van der Waals surface area contributed by atoms with E-state index < -0.39 is 11.1 Å². The number of hydrogen-bond donors (Lipinski definition) is 2. The molecule has 0 bridgehead atoms. The highest BCUT2D eigenvalue weighted by Crippen LogP contribution is 2.34. The fraction of sp³-hybridized carbons (Fsp3) is 0.0769. The molecule has 35 heavy (non-hydrogen) atoms. The lowest BCUT2D eigenvalue weighted by Gasteiger charge is -2.15. The van der Waals surface area contributed by atoms with Gasteiger partial charge in [0.05, 0.1) is 5.69 Å². The number of anilines is 2. The summed E-state index contributed by atoms with van der Waals surface area (Å²) in [6.07, 6.45) is 5.01. The van der Waals surface area contributed by atoms with Crippen LogP contribution in [0.15, 0.2) is 95.1 Å². The average molecular weight is 489 g/mol. The van der Waals surface area contributed by atoms with E-state index >= 15 is 0 Å². The Morgan fingerprint density at radius 1 is 1.06 bits per heavy atom. The van der Waals surface area contributed by atoms with Crippen LogP contribution in [0.2, 0.25) is 0 Å². The molecule has 2 amide bonds. The summed E-state index contributed by atoms with van der Waals surface area (Å²) < 4.78 is 13.1. The van der Waals surface area contributed by atoms with Gasteiger partial charge in [0.2, 0.25) is 11.8 Å². The van der Waals surface area contributed by atoms with E-state index in [-0.39, 0.29) is 24.0 Å². The number of hydrogen-bond acceptors (Lipinski definition) is 6. The van der Waals surface area contributed by atoms with Crippen LogP contribution in [-0.2, 0) is 9.59 Å². The van der Waals surface area contributed by atoms with Gasteiger partial charge in [-0.1, -0.05) is 48.2 Å². The Morgan fingerprint density at radius 3 is 2.49 bits per heavy atom. The summed E-state index contributed by atoms with van der Waals surface area (Å²) in [5.74, 6) is -1.06. The molecule has 0 aliphatic carbocycles. The van der Waals surface area contributed by atoms with Crippen LogP contribution in [0.25, 0.3) is 6.08 Å². The standard InChI is InChI=1S/C26H21FN4O3S/c27-19-8-10-20(11-9-19)29-24(33)17-23-25(34)31(21-12-14-22(32)15-13-21)26(35-23)30-28-16-4-7-18-5-2-1-3-6-18/h1-16,23,32H,17H2,(H,29,33)/b7-4+,28-16-,30-26-/t23-/m1/s1. The average Bonchev–Trinajstić information content (AvgIpc) is 3.16. The number of nitrogens with one attached hydrogen (secondary N) is 1. The summed E-state index contributed by atoms with van der Waals surface area (Å²) in [4.78, 5) is 27.1. The number of benzene rings is 3. The molecule has 4 rings (SSSR count). The zero-order chi connectivity index (χ0) is 24.6. The Bertz CT molecular complexity index is 1280. The second-order valence-corrected chi connectivity index (χ2v) is 8.64. The number of phenolic OH excluding ortho intramolecular Hbond substituents is 1. The maximum absolute atomic E-state index is 13.2. The van der Waals surface area contributed by atoms with Crippen LogP contribution in [-0.4, -0.2) is 33.6 Å².